The zero-order chi connectivity index (χ0) is 13.0. The van der Waals surface area contributed by atoms with Crippen LogP contribution in [0.3, 0.4) is 0 Å². The first-order valence-corrected chi connectivity index (χ1v) is 6.21. The summed E-state index contributed by atoms with van der Waals surface area (Å²) < 4.78 is 6.29. The first kappa shape index (κ1) is 12.9. The van der Waals surface area contributed by atoms with Crippen LogP contribution in [-0.4, -0.2) is 16.7 Å². The van der Waals surface area contributed by atoms with E-state index in [0.29, 0.717) is 11.4 Å². The maximum atomic E-state index is 9.94. The third-order valence-electron chi connectivity index (χ3n) is 2.41. The van der Waals surface area contributed by atoms with Crippen molar-refractivity contribution in [3.05, 3.63) is 52.8 Å². The summed E-state index contributed by atoms with van der Waals surface area (Å²) in [6.45, 7) is 0.169. The molecule has 0 amide bonds. The number of nitrogens with zero attached hydrogens (tertiary/aromatic N) is 1. The highest BCUT2D eigenvalue weighted by Gasteiger charge is 2.08. The zero-order valence-electron chi connectivity index (χ0n) is 9.58. The molecule has 0 bridgehead atoms. The summed E-state index contributed by atoms with van der Waals surface area (Å²) in [5, 5.41) is 9.94. The fourth-order valence-electron chi connectivity index (χ4n) is 1.46. The highest BCUT2D eigenvalue weighted by atomic mass is 79.9. The molecule has 0 saturated carbocycles. The van der Waals surface area contributed by atoms with Crippen LogP contribution in [0, 0.1) is 0 Å². The minimum absolute atomic E-state index is 0.169. The van der Waals surface area contributed by atoms with Gasteiger partial charge in [0.25, 0.3) is 0 Å². The van der Waals surface area contributed by atoms with E-state index in [1.807, 2.05) is 0 Å². The van der Waals surface area contributed by atoms with E-state index in [-0.39, 0.29) is 6.61 Å². The standard InChI is InChI=1S/C13H13BrN2O2/c14-10-5-12(7-16-6-10)18-8-13(17)9-1-3-11(15)4-2-9/h1-7,13,17H,8,15H2. The van der Waals surface area contributed by atoms with Gasteiger partial charge in [0.1, 0.15) is 18.5 Å². The molecule has 0 fully saturated rings. The molecule has 1 atom stereocenters. The molecule has 1 heterocycles. The van der Waals surface area contributed by atoms with Crippen molar-refractivity contribution in [2.24, 2.45) is 0 Å². The number of aliphatic hydroxyl groups is 1. The summed E-state index contributed by atoms with van der Waals surface area (Å²) in [6, 6.07) is 8.85. The second-order valence-electron chi connectivity index (χ2n) is 3.83. The first-order chi connectivity index (χ1) is 8.65. The summed E-state index contributed by atoms with van der Waals surface area (Å²) in [7, 11) is 0. The van der Waals surface area contributed by atoms with Crippen LogP contribution >= 0.6 is 15.9 Å². The lowest BCUT2D eigenvalue weighted by molar-refractivity contribution is 0.108. The van der Waals surface area contributed by atoms with Crippen molar-refractivity contribution >= 4 is 21.6 Å². The molecule has 1 aromatic heterocycles. The van der Waals surface area contributed by atoms with Gasteiger partial charge < -0.3 is 15.6 Å². The predicted molar refractivity (Wildman–Crippen MR) is 73.2 cm³/mol. The molecule has 2 rings (SSSR count). The summed E-state index contributed by atoms with van der Waals surface area (Å²) in [6.07, 6.45) is 2.58. The Morgan fingerprint density at radius 1 is 1.28 bits per heavy atom. The molecule has 5 heteroatoms. The van der Waals surface area contributed by atoms with Crippen molar-refractivity contribution in [3.8, 4) is 5.75 Å². The van der Waals surface area contributed by atoms with E-state index in [4.69, 9.17) is 10.5 Å². The largest absolute Gasteiger partial charge is 0.489 e. The van der Waals surface area contributed by atoms with Crippen molar-refractivity contribution in [1.82, 2.24) is 4.98 Å². The molecule has 0 aliphatic rings. The average molecular weight is 309 g/mol. The Morgan fingerprint density at radius 3 is 2.67 bits per heavy atom. The highest BCUT2D eigenvalue weighted by Crippen LogP contribution is 2.19. The molecule has 94 valence electrons. The van der Waals surface area contributed by atoms with E-state index in [1.54, 1.807) is 42.7 Å². The molecule has 1 unspecified atom stereocenters. The summed E-state index contributed by atoms with van der Waals surface area (Å²) in [5.41, 5.74) is 7.02. The maximum absolute atomic E-state index is 9.94. The van der Waals surface area contributed by atoms with Crippen LogP contribution in [0.25, 0.3) is 0 Å². The van der Waals surface area contributed by atoms with Crippen molar-refractivity contribution < 1.29 is 9.84 Å². The van der Waals surface area contributed by atoms with E-state index < -0.39 is 6.10 Å². The molecule has 3 N–H and O–H groups in total. The minimum atomic E-state index is -0.690. The number of nitrogens with two attached hydrogens (primary N) is 1. The summed E-state index contributed by atoms with van der Waals surface area (Å²) in [5.74, 6) is 0.610. The SMILES string of the molecule is Nc1ccc(C(O)COc2cncc(Br)c2)cc1. The topological polar surface area (TPSA) is 68.4 Å². The number of anilines is 1. The molecule has 0 saturated heterocycles. The van der Waals surface area contributed by atoms with Gasteiger partial charge in [-0.05, 0) is 39.7 Å². The van der Waals surface area contributed by atoms with Gasteiger partial charge in [0.05, 0.1) is 6.20 Å². The number of pyridine rings is 1. The van der Waals surface area contributed by atoms with E-state index in [1.165, 1.54) is 0 Å². The Balaban J connectivity index is 1.96. The Morgan fingerprint density at radius 2 is 2.00 bits per heavy atom. The predicted octanol–water partition coefficient (Wildman–Crippen LogP) is 2.54. The zero-order valence-corrected chi connectivity index (χ0v) is 11.2. The van der Waals surface area contributed by atoms with E-state index >= 15 is 0 Å². The quantitative estimate of drug-likeness (QED) is 0.852. The number of ether oxygens (including phenoxy) is 1. The average Bonchev–Trinajstić information content (AvgIpc) is 2.37. The number of hydrogen-bond acceptors (Lipinski definition) is 4. The van der Waals surface area contributed by atoms with Crippen LogP contribution < -0.4 is 10.5 Å². The summed E-state index contributed by atoms with van der Waals surface area (Å²) in [4.78, 5) is 3.98. The van der Waals surface area contributed by atoms with Gasteiger partial charge in [-0.1, -0.05) is 12.1 Å². The van der Waals surface area contributed by atoms with Gasteiger partial charge in [-0.15, -0.1) is 0 Å². The van der Waals surface area contributed by atoms with Gasteiger partial charge in [0.15, 0.2) is 0 Å². The Kier molecular flexibility index (Phi) is 4.17. The number of hydrogen-bond donors (Lipinski definition) is 2. The van der Waals surface area contributed by atoms with Crippen LogP contribution in [0.5, 0.6) is 5.75 Å². The van der Waals surface area contributed by atoms with Gasteiger partial charge in [-0.25, -0.2) is 0 Å². The number of halogens is 1. The van der Waals surface area contributed by atoms with Crippen LogP contribution in [0.4, 0.5) is 5.69 Å². The monoisotopic (exact) mass is 308 g/mol. The van der Waals surface area contributed by atoms with Gasteiger partial charge in [-0.3, -0.25) is 4.98 Å². The molecule has 2 aromatic rings. The minimum Gasteiger partial charge on any atom is -0.489 e. The normalized spacial score (nSPS) is 12.1. The highest BCUT2D eigenvalue weighted by molar-refractivity contribution is 9.10. The number of aliphatic hydroxyl groups excluding tert-OH is 1. The molecule has 0 aliphatic heterocycles. The van der Waals surface area contributed by atoms with Crippen molar-refractivity contribution in [2.75, 3.05) is 12.3 Å². The third kappa shape index (κ3) is 3.45. The number of aromatic nitrogens is 1. The first-order valence-electron chi connectivity index (χ1n) is 5.42. The molecule has 0 spiro atoms. The maximum Gasteiger partial charge on any atom is 0.138 e. The molecule has 0 aliphatic carbocycles. The van der Waals surface area contributed by atoms with Gasteiger partial charge >= 0.3 is 0 Å². The number of rotatable bonds is 4. The molecular formula is C13H13BrN2O2. The fraction of sp³-hybridized carbons (Fsp3) is 0.154. The van der Waals surface area contributed by atoms with Crippen LogP contribution in [0.15, 0.2) is 47.2 Å². The molecule has 0 radical (unpaired) electrons. The molecule has 1 aromatic carbocycles. The second-order valence-corrected chi connectivity index (χ2v) is 4.75. The van der Waals surface area contributed by atoms with E-state index in [2.05, 4.69) is 20.9 Å². The van der Waals surface area contributed by atoms with Gasteiger partial charge in [0.2, 0.25) is 0 Å². The lowest BCUT2D eigenvalue weighted by atomic mass is 10.1. The van der Waals surface area contributed by atoms with Crippen molar-refractivity contribution in [2.45, 2.75) is 6.10 Å². The van der Waals surface area contributed by atoms with E-state index in [0.717, 1.165) is 10.0 Å². The number of benzene rings is 1. The van der Waals surface area contributed by atoms with Crippen LogP contribution in [0.1, 0.15) is 11.7 Å². The Labute approximate surface area is 114 Å². The van der Waals surface area contributed by atoms with Crippen molar-refractivity contribution in [1.29, 1.82) is 0 Å². The van der Waals surface area contributed by atoms with Crippen molar-refractivity contribution in [3.63, 3.8) is 0 Å². The smallest absolute Gasteiger partial charge is 0.138 e. The molecule has 4 nitrogen and oxygen atoms in total. The van der Waals surface area contributed by atoms with Crippen LogP contribution in [-0.2, 0) is 0 Å². The van der Waals surface area contributed by atoms with E-state index in [9.17, 15) is 5.11 Å². The Hall–Kier alpha value is -1.59. The number of nitrogen functional groups attached to an aromatic ring is 1. The lowest BCUT2D eigenvalue weighted by Crippen LogP contribution is -2.09. The Bertz CT molecular complexity index is 517. The lowest BCUT2D eigenvalue weighted by Gasteiger charge is -2.12. The second kappa shape index (κ2) is 5.84. The molecular weight excluding hydrogens is 296 g/mol. The third-order valence-corrected chi connectivity index (χ3v) is 2.84. The molecule has 18 heavy (non-hydrogen) atoms. The van der Waals surface area contributed by atoms with Gasteiger partial charge in [0, 0.05) is 16.4 Å². The van der Waals surface area contributed by atoms with Crippen LogP contribution in [0.2, 0.25) is 0 Å². The fourth-order valence-corrected chi connectivity index (χ4v) is 1.80. The van der Waals surface area contributed by atoms with Gasteiger partial charge in [-0.2, -0.15) is 0 Å². The summed E-state index contributed by atoms with van der Waals surface area (Å²) >= 11 is 3.30.